The van der Waals surface area contributed by atoms with Crippen LogP contribution in [0.5, 0.6) is 0 Å². The first-order chi connectivity index (χ1) is 14.0. The number of benzene rings is 1. The number of hydrogen-bond acceptors (Lipinski definition) is 7. The first-order valence-corrected chi connectivity index (χ1v) is 12.6. The van der Waals surface area contributed by atoms with E-state index in [0.717, 1.165) is 29.0 Å². The summed E-state index contributed by atoms with van der Waals surface area (Å²) >= 11 is 3.07. The smallest absolute Gasteiger partial charge is 0.243 e. The Bertz CT molecular complexity index is 1070. The van der Waals surface area contributed by atoms with Crippen molar-refractivity contribution in [3.63, 3.8) is 0 Å². The van der Waals surface area contributed by atoms with E-state index in [0.29, 0.717) is 29.0 Å². The molecule has 0 spiro atoms. The van der Waals surface area contributed by atoms with Crippen LogP contribution in [-0.2, 0) is 10.0 Å². The molecule has 0 bridgehead atoms. The fourth-order valence-corrected chi connectivity index (χ4v) is 5.87. The molecule has 29 heavy (non-hydrogen) atoms. The number of anilines is 1. The number of rotatable bonds is 6. The van der Waals surface area contributed by atoms with Gasteiger partial charge in [0.05, 0.1) is 16.8 Å². The molecule has 2 aromatic heterocycles. The first kappa shape index (κ1) is 20.2. The maximum atomic E-state index is 12.8. The summed E-state index contributed by atoms with van der Waals surface area (Å²) in [6, 6.07) is 10.9. The molecule has 1 aliphatic rings. The normalized spacial score (nSPS) is 16.4. The van der Waals surface area contributed by atoms with Gasteiger partial charge in [0.15, 0.2) is 0 Å². The Balaban J connectivity index is 1.43. The number of aromatic nitrogens is 1. The Hall–Kier alpha value is -2.07. The van der Waals surface area contributed by atoms with Crippen LogP contribution in [0.4, 0.5) is 5.13 Å². The van der Waals surface area contributed by atoms with Crippen molar-refractivity contribution in [1.82, 2.24) is 9.29 Å². The molecule has 3 heterocycles. The molecule has 6 nitrogen and oxygen atoms in total. The van der Waals surface area contributed by atoms with Crippen LogP contribution in [0.1, 0.15) is 24.6 Å². The maximum Gasteiger partial charge on any atom is 0.243 e. The molecule has 1 saturated heterocycles. The third-order valence-corrected chi connectivity index (χ3v) is 8.40. The van der Waals surface area contributed by atoms with Gasteiger partial charge in [-0.1, -0.05) is 25.1 Å². The zero-order chi connectivity index (χ0) is 20.3. The number of thiazole rings is 1. The van der Waals surface area contributed by atoms with E-state index in [1.807, 2.05) is 35.0 Å². The highest BCUT2D eigenvalue weighted by molar-refractivity contribution is 7.89. The highest BCUT2D eigenvalue weighted by Gasteiger charge is 2.27. The van der Waals surface area contributed by atoms with E-state index in [1.54, 1.807) is 34.0 Å². The average molecular weight is 447 g/mol. The summed E-state index contributed by atoms with van der Waals surface area (Å²) in [6.45, 7) is 3.36. The highest BCUT2D eigenvalue weighted by Crippen LogP contribution is 2.28. The molecular formula is C20H22N4O2S3. The van der Waals surface area contributed by atoms with Crippen LogP contribution in [0, 0.1) is 5.92 Å². The summed E-state index contributed by atoms with van der Waals surface area (Å²) in [7, 11) is -3.43. The van der Waals surface area contributed by atoms with Crippen LogP contribution in [0.25, 0.3) is 11.3 Å². The van der Waals surface area contributed by atoms with Crippen molar-refractivity contribution in [2.75, 3.05) is 18.5 Å². The molecule has 0 saturated carbocycles. The summed E-state index contributed by atoms with van der Waals surface area (Å²) in [5, 5.41) is 8.81. The molecule has 9 heteroatoms. The predicted octanol–water partition coefficient (Wildman–Crippen LogP) is 4.74. The molecule has 1 N–H and O–H groups in total. The Morgan fingerprint density at radius 3 is 2.62 bits per heavy atom. The van der Waals surface area contributed by atoms with E-state index in [9.17, 15) is 8.42 Å². The van der Waals surface area contributed by atoms with Gasteiger partial charge in [-0.2, -0.15) is 9.41 Å². The molecule has 4 rings (SSSR count). The van der Waals surface area contributed by atoms with Crippen molar-refractivity contribution in [2.24, 2.45) is 11.0 Å². The number of sulfonamides is 1. The number of nitrogens with one attached hydrogen (secondary N) is 1. The Morgan fingerprint density at radius 2 is 1.93 bits per heavy atom. The third kappa shape index (κ3) is 4.75. The molecule has 0 aliphatic carbocycles. The number of hydrogen-bond donors (Lipinski definition) is 1. The first-order valence-electron chi connectivity index (χ1n) is 9.41. The van der Waals surface area contributed by atoms with E-state index in [1.165, 1.54) is 11.3 Å². The van der Waals surface area contributed by atoms with Crippen LogP contribution in [0.2, 0.25) is 0 Å². The summed E-state index contributed by atoms with van der Waals surface area (Å²) in [5.41, 5.74) is 4.61. The lowest BCUT2D eigenvalue weighted by molar-refractivity contribution is 0.288. The van der Waals surface area contributed by atoms with E-state index in [2.05, 4.69) is 22.4 Å². The zero-order valence-corrected chi connectivity index (χ0v) is 18.4. The maximum absolute atomic E-state index is 12.8. The van der Waals surface area contributed by atoms with Crippen LogP contribution in [0.3, 0.4) is 0 Å². The standard InChI is InChI=1S/C20H22N4O2S3/c1-15-8-10-24(11-9-15)29(25,26)18-6-4-16(5-7-18)19-14-28-20(22-19)23-21-13-17-3-2-12-27-17/h2-7,12-15H,8-11H2,1H3,(H,22,23)/b21-13+. The van der Waals surface area contributed by atoms with Crippen molar-refractivity contribution >= 4 is 44.0 Å². The van der Waals surface area contributed by atoms with Crippen molar-refractivity contribution in [3.8, 4) is 11.3 Å². The van der Waals surface area contributed by atoms with Gasteiger partial charge in [0.1, 0.15) is 0 Å². The lowest BCUT2D eigenvalue weighted by atomic mass is 10.0. The average Bonchev–Trinajstić information content (AvgIpc) is 3.41. The van der Waals surface area contributed by atoms with Gasteiger partial charge >= 0.3 is 0 Å². The van der Waals surface area contributed by atoms with Crippen molar-refractivity contribution < 1.29 is 8.42 Å². The van der Waals surface area contributed by atoms with Gasteiger partial charge in [-0.3, -0.25) is 5.43 Å². The molecule has 1 fully saturated rings. The summed E-state index contributed by atoms with van der Waals surface area (Å²) in [6.07, 6.45) is 3.59. The molecule has 1 aliphatic heterocycles. The Labute approximate surface area is 179 Å². The largest absolute Gasteiger partial charge is 0.253 e. The minimum absolute atomic E-state index is 0.338. The lowest BCUT2D eigenvalue weighted by Gasteiger charge is -2.29. The molecular weight excluding hydrogens is 424 g/mol. The van der Waals surface area contributed by atoms with Crippen LogP contribution < -0.4 is 5.43 Å². The van der Waals surface area contributed by atoms with E-state index in [-0.39, 0.29) is 0 Å². The summed E-state index contributed by atoms with van der Waals surface area (Å²) < 4.78 is 27.3. The monoisotopic (exact) mass is 446 g/mol. The fourth-order valence-electron chi connectivity index (χ4n) is 3.15. The zero-order valence-electron chi connectivity index (χ0n) is 16.0. The van der Waals surface area contributed by atoms with Gasteiger partial charge in [0.25, 0.3) is 0 Å². The second kappa shape index (κ2) is 8.74. The van der Waals surface area contributed by atoms with Crippen molar-refractivity contribution in [1.29, 1.82) is 0 Å². The quantitative estimate of drug-likeness (QED) is 0.438. The van der Waals surface area contributed by atoms with Gasteiger partial charge in [-0.25, -0.2) is 13.4 Å². The molecule has 0 amide bonds. The molecule has 0 unspecified atom stereocenters. The van der Waals surface area contributed by atoms with Gasteiger partial charge in [0, 0.05) is 28.9 Å². The Kier molecular flexibility index (Phi) is 6.09. The van der Waals surface area contributed by atoms with Crippen LogP contribution >= 0.6 is 22.7 Å². The van der Waals surface area contributed by atoms with E-state index >= 15 is 0 Å². The van der Waals surface area contributed by atoms with Gasteiger partial charge in [-0.05, 0) is 42.3 Å². The highest BCUT2D eigenvalue weighted by atomic mass is 32.2. The van der Waals surface area contributed by atoms with E-state index < -0.39 is 10.0 Å². The predicted molar refractivity (Wildman–Crippen MR) is 120 cm³/mol. The number of hydrazone groups is 1. The van der Waals surface area contributed by atoms with Crippen LogP contribution in [0.15, 0.2) is 57.2 Å². The van der Waals surface area contributed by atoms with Crippen LogP contribution in [-0.4, -0.2) is 37.0 Å². The fraction of sp³-hybridized carbons (Fsp3) is 0.300. The molecule has 0 atom stereocenters. The lowest BCUT2D eigenvalue weighted by Crippen LogP contribution is -2.37. The second-order valence-corrected chi connectivity index (χ2v) is 10.8. The summed E-state index contributed by atoms with van der Waals surface area (Å²) in [5.74, 6) is 0.589. The number of nitrogens with zero attached hydrogens (tertiary/aromatic N) is 3. The molecule has 1 aromatic carbocycles. The van der Waals surface area contributed by atoms with Gasteiger partial charge < -0.3 is 0 Å². The second-order valence-electron chi connectivity index (χ2n) is 7.03. The molecule has 152 valence electrons. The van der Waals surface area contributed by atoms with Gasteiger partial charge in [0.2, 0.25) is 15.2 Å². The van der Waals surface area contributed by atoms with E-state index in [4.69, 9.17) is 0 Å². The number of thiophene rings is 1. The number of piperidine rings is 1. The Morgan fingerprint density at radius 1 is 1.17 bits per heavy atom. The third-order valence-electron chi connectivity index (χ3n) is 4.93. The minimum atomic E-state index is -3.43. The van der Waals surface area contributed by atoms with Crippen molar-refractivity contribution in [3.05, 3.63) is 52.0 Å². The summed E-state index contributed by atoms with van der Waals surface area (Å²) in [4.78, 5) is 5.93. The van der Waals surface area contributed by atoms with Gasteiger partial charge in [-0.15, -0.1) is 22.7 Å². The minimum Gasteiger partial charge on any atom is -0.253 e. The SMILES string of the molecule is CC1CCN(S(=O)(=O)c2ccc(-c3csc(N/N=C/c4cccs4)n3)cc2)CC1. The topological polar surface area (TPSA) is 74.7 Å². The molecule has 0 radical (unpaired) electrons. The molecule has 3 aromatic rings. The van der Waals surface area contributed by atoms with Crippen molar-refractivity contribution in [2.45, 2.75) is 24.7 Å².